The van der Waals surface area contributed by atoms with Gasteiger partial charge < -0.3 is 19.1 Å². The molecule has 0 unspecified atom stereocenters. The summed E-state index contributed by atoms with van der Waals surface area (Å²) in [5.74, 6) is 1.03. The monoisotopic (exact) mass is 440 g/mol. The van der Waals surface area contributed by atoms with Crippen LogP contribution in [-0.2, 0) is 11.3 Å². The number of ether oxygens (including phenoxy) is 3. The Balaban J connectivity index is 1.94. The molecule has 0 atom stereocenters. The lowest BCUT2D eigenvalue weighted by molar-refractivity contribution is 0.00695. The van der Waals surface area contributed by atoms with E-state index in [0.717, 1.165) is 16.3 Å². The lowest BCUT2D eigenvalue weighted by atomic mass is 10.1. The van der Waals surface area contributed by atoms with E-state index < -0.39 is 5.60 Å². The highest BCUT2D eigenvalue weighted by molar-refractivity contribution is 7.09. The van der Waals surface area contributed by atoms with Crippen molar-refractivity contribution in [2.75, 3.05) is 18.6 Å². The molecule has 1 heterocycles. The van der Waals surface area contributed by atoms with Crippen molar-refractivity contribution >= 4 is 28.7 Å². The van der Waals surface area contributed by atoms with E-state index in [0.29, 0.717) is 30.2 Å². The van der Waals surface area contributed by atoms with E-state index in [4.69, 9.17) is 14.2 Å². The third kappa shape index (κ3) is 5.98. The maximum atomic E-state index is 12.4. The molecule has 31 heavy (non-hydrogen) atoms. The Bertz CT molecular complexity index is 995. The summed E-state index contributed by atoms with van der Waals surface area (Å²) in [7, 11) is 1.63. The standard InChI is InChI=1S/C24H28N2O4S/c1-6-29-21-12-11-19(13-22(21)28-5)26(15-20-14-25-16-31-20)18-9-7-17(8-10-18)23(27)30-24(2,3)4/h7-14,16H,6,15H2,1-5H3. The molecule has 0 saturated heterocycles. The second kappa shape index (κ2) is 9.83. The van der Waals surface area contributed by atoms with Gasteiger partial charge in [-0.05, 0) is 64.1 Å². The number of anilines is 2. The molecule has 0 fully saturated rings. The first-order chi connectivity index (χ1) is 14.8. The number of methoxy groups -OCH3 is 1. The summed E-state index contributed by atoms with van der Waals surface area (Å²) in [5, 5.41) is 0. The van der Waals surface area contributed by atoms with E-state index in [9.17, 15) is 4.79 Å². The molecule has 0 spiro atoms. The van der Waals surface area contributed by atoms with Gasteiger partial charge in [-0.3, -0.25) is 4.98 Å². The van der Waals surface area contributed by atoms with Crippen LogP contribution in [0.15, 0.2) is 54.2 Å². The number of hydrogen-bond donors (Lipinski definition) is 0. The van der Waals surface area contributed by atoms with Crippen LogP contribution in [0.4, 0.5) is 11.4 Å². The van der Waals surface area contributed by atoms with Crippen LogP contribution in [-0.4, -0.2) is 30.3 Å². The quantitative estimate of drug-likeness (QED) is 0.410. The molecule has 3 aromatic rings. The van der Waals surface area contributed by atoms with Gasteiger partial charge in [-0.15, -0.1) is 11.3 Å². The molecule has 7 heteroatoms. The number of carbonyl (C=O) groups is 1. The molecule has 3 rings (SSSR count). The summed E-state index contributed by atoms with van der Waals surface area (Å²) in [6, 6.07) is 13.3. The lowest BCUT2D eigenvalue weighted by Crippen LogP contribution is -2.24. The van der Waals surface area contributed by atoms with Gasteiger partial charge in [0.25, 0.3) is 0 Å². The van der Waals surface area contributed by atoms with Crippen molar-refractivity contribution in [1.29, 1.82) is 0 Å². The van der Waals surface area contributed by atoms with E-state index in [-0.39, 0.29) is 5.97 Å². The third-order valence-electron chi connectivity index (χ3n) is 4.37. The maximum Gasteiger partial charge on any atom is 0.338 e. The van der Waals surface area contributed by atoms with Crippen molar-refractivity contribution in [1.82, 2.24) is 4.98 Å². The Morgan fingerprint density at radius 3 is 2.35 bits per heavy atom. The smallest absolute Gasteiger partial charge is 0.338 e. The van der Waals surface area contributed by atoms with Gasteiger partial charge in [0, 0.05) is 28.5 Å². The fourth-order valence-electron chi connectivity index (χ4n) is 3.02. The van der Waals surface area contributed by atoms with Crippen molar-refractivity contribution in [3.8, 4) is 11.5 Å². The zero-order valence-corrected chi connectivity index (χ0v) is 19.4. The molecule has 164 valence electrons. The van der Waals surface area contributed by atoms with Crippen LogP contribution in [0.1, 0.15) is 42.9 Å². The van der Waals surface area contributed by atoms with E-state index in [2.05, 4.69) is 9.88 Å². The average Bonchev–Trinajstić information content (AvgIpc) is 3.25. The fourth-order valence-corrected chi connectivity index (χ4v) is 3.60. The number of aromatic nitrogens is 1. The SMILES string of the molecule is CCOc1ccc(N(Cc2cncs2)c2ccc(C(=O)OC(C)(C)C)cc2)cc1OC. The Morgan fingerprint density at radius 2 is 1.77 bits per heavy atom. The van der Waals surface area contributed by atoms with Crippen molar-refractivity contribution in [3.05, 3.63) is 64.6 Å². The van der Waals surface area contributed by atoms with Gasteiger partial charge >= 0.3 is 5.97 Å². The van der Waals surface area contributed by atoms with Gasteiger partial charge in [-0.2, -0.15) is 0 Å². The second-order valence-corrected chi connectivity index (χ2v) is 8.84. The highest BCUT2D eigenvalue weighted by atomic mass is 32.1. The zero-order valence-electron chi connectivity index (χ0n) is 18.5. The van der Waals surface area contributed by atoms with Gasteiger partial charge in [-0.1, -0.05) is 0 Å². The van der Waals surface area contributed by atoms with E-state index >= 15 is 0 Å². The first kappa shape index (κ1) is 22.6. The lowest BCUT2D eigenvalue weighted by Gasteiger charge is -2.26. The molecule has 0 bridgehead atoms. The summed E-state index contributed by atoms with van der Waals surface area (Å²) in [6.07, 6.45) is 1.86. The van der Waals surface area contributed by atoms with E-state index in [1.165, 1.54) is 0 Å². The minimum Gasteiger partial charge on any atom is -0.493 e. The fraction of sp³-hybridized carbons (Fsp3) is 0.333. The minimum atomic E-state index is -0.535. The Hall–Kier alpha value is -3.06. The molecule has 0 amide bonds. The highest BCUT2D eigenvalue weighted by Crippen LogP contribution is 2.36. The number of hydrogen-bond acceptors (Lipinski definition) is 7. The number of benzene rings is 2. The van der Waals surface area contributed by atoms with Gasteiger partial charge in [0.05, 0.1) is 31.3 Å². The first-order valence-corrected chi connectivity index (χ1v) is 11.0. The molecule has 0 saturated carbocycles. The Labute approximate surface area is 187 Å². The summed E-state index contributed by atoms with van der Waals surface area (Å²) in [5.41, 5.74) is 3.68. The van der Waals surface area contributed by atoms with Crippen LogP contribution in [0.2, 0.25) is 0 Å². The van der Waals surface area contributed by atoms with Crippen LogP contribution in [0.25, 0.3) is 0 Å². The Kier molecular flexibility index (Phi) is 7.17. The predicted octanol–water partition coefficient (Wildman–Crippen LogP) is 5.84. The van der Waals surface area contributed by atoms with Crippen molar-refractivity contribution in [2.24, 2.45) is 0 Å². The third-order valence-corrected chi connectivity index (χ3v) is 5.13. The molecule has 0 aliphatic rings. The van der Waals surface area contributed by atoms with Crippen LogP contribution in [0.3, 0.4) is 0 Å². The molecule has 1 aromatic heterocycles. The average molecular weight is 441 g/mol. The topological polar surface area (TPSA) is 60.9 Å². The number of esters is 1. The molecule has 6 nitrogen and oxygen atoms in total. The van der Waals surface area contributed by atoms with E-state index in [1.807, 2.05) is 69.7 Å². The van der Waals surface area contributed by atoms with Crippen LogP contribution in [0, 0.1) is 0 Å². The van der Waals surface area contributed by atoms with Crippen LogP contribution >= 0.6 is 11.3 Å². The molecule has 0 aliphatic heterocycles. The zero-order chi connectivity index (χ0) is 22.4. The van der Waals surface area contributed by atoms with E-state index in [1.54, 1.807) is 30.6 Å². The maximum absolute atomic E-state index is 12.4. The van der Waals surface area contributed by atoms with Crippen molar-refractivity contribution in [2.45, 2.75) is 39.8 Å². The number of thiazole rings is 1. The highest BCUT2D eigenvalue weighted by Gasteiger charge is 2.19. The van der Waals surface area contributed by atoms with Gasteiger partial charge in [0.15, 0.2) is 11.5 Å². The molecule has 0 N–H and O–H groups in total. The molecule has 0 aliphatic carbocycles. The molecular formula is C24H28N2O4S. The van der Waals surface area contributed by atoms with Gasteiger partial charge in [0.2, 0.25) is 0 Å². The van der Waals surface area contributed by atoms with Gasteiger partial charge in [0.1, 0.15) is 5.60 Å². The minimum absolute atomic E-state index is 0.337. The number of carbonyl (C=O) groups excluding carboxylic acids is 1. The molecule has 0 radical (unpaired) electrons. The molecular weight excluding hydrogens is 412 g/mol. The summed E-state index contributed by atoms with van der Waals surface area (Å²) < 4.78 is 16.7. The largest absolute Gasteiger partial charge is 0.493 e. The number of rotatable bonds is 8. The van der Waals surface area contributed by atoms with Gasteiger partial charge in [-0.25, -0.2) is 4.79 Å². The second-order valence-electron chi connectivity index (χ2n) is 7.87. The van der Waals surface area contributed by atoms with Crippen molar-refractivity contribution in [3.63, 3.8) is 0 Å². The predicted molar refractivity (Wildman–Crippen MR) is 124 cm³/mol. The van der Waals surface area contributed by atoms with Crippen molar-refractivity contribution < 1.29 is 19.0 Å². The first-order valence-electron chi connectivity index (χ1n) is 10.1. The molecule has 2 aromatic carbocycles. The summed E-state index contributed by atoms with van der Waals surface area (Å²) in [4.78, 5) is 19.8. The Morgan fingerprint density at radius 1 is 1.06 bits per heavy atom. The van der Waals surface area contributed by atoms with Crippen LogP contribution < -0.4 is 14.4 Å². The summed E-state index contributed by atoms with van der Waals surface area (Å²) >= 11 is 1.59. The summed E-state index contributed by atoms with van der Waals surface area (Å²) in [6.45, 7) is 8.70. The number of nitrogens with zero attached hydrogens (tertiary/aromatic N) is 2. The normalized spacial score (nSPS) is 11.1. The van der Waals surface area contributed by atoms with Crippen LogP contribution in [0.5, 0.6) is 11.5 Å².